The molecule has 3 heteroatoms. The summed E-state index contributed by atoms with van der Waals surface area (Å²) in [5.41, 5.74) is 10.3. The number of nitrogens with zero attached hydrogens (tertiary/aromatic N) is 2. The van der Waals surface area contributed by atoms with Crippen LogP contribution in [0.25, 0.3) is 5.65 Å². The van der Waals surface area contributed by atoms with Crippen LogP contribution in [0.3, 0.4) is 0 Å². The molecule has 3 nitrogen and oxygen atoms in total. The number of fused-ring (bicyclic) bond motifs is 1. The molecule has 0 radical (unpaired) electrons. The van der Waals surface area contributed by atoms with Gasteiger partial charge in [-0.2, -0.15) is 0 Å². The van der Waals surface area contributed by atoms with Gasteiger partial charge in [0.05, 0.1) is 5.69 Å². The van der Waals surface area contributed by atoms with Crippen LogP contribution in [-0.2, 0) is 6.42 Å². The van der Waals surface area contributed by atoms with Crippen molar-refractivity contribution < 1.29 is 0 Å². The molecular weight excluding hydrogens is 198 g/mol. The Kier molecular flexibility index (Phi) is 2.97. The summed E-state index contributed by atoms with van der Waals surface area (Å²) in [7, 11) is 0. The smallest absolute Gasteiger partial charge is 0.137 e. The summed E-state index contributed by atoms with van der Waals surface area (Å²) >= 11 is 0. The van der Waals surface area contributed by atoms with E-state index in [9.17, 15) is 0 Å². The fourth-order valence-electron chi connectivity index (χ4n) is 2.09. The summed E-state index contributed by atoms with van der Waals surface area (Å²) in [6.07, 6.45) is 3.07. The molecule has 0 saturated heterocycles. The summed E-state index contributed by atoms with van der Waals surface area (Å²) in [5, 5.41) is 0. The standard InChI is InChI=1S/C13H19N3/c1-9(2)13-10(3)16-8-11(6-7-14)4-5-12(16)15-13/h4-5,8-9H,6-7,14H2,1-3H3. The molecule has 2 N–H and O–H groups in total. The Labute approximate surface area is 96.3 Å². The normalized spacial score (nSPS) is 11.6. The van der Waals surface area contributed by atoms with Gasteiger partial charge in [0.15, 0.2) is 0 Å². The zero-order valence-electron chi connectivity index (χ0n) is 10.2. The first-order valence-corrected chi connectivity index (χ1v) is 5.81. The highest BCUT2D eigenvalue weighted by Crippen LogP contribution is 2.20. The molecule has 86 valence electrons. The first-order chi connectivity index (χ1) is 7.63. The van der Waals surface area contributed by atoms with Crippen LogP contribution in [0.1, 0.15) is 36.7 Å². The van der Waals surface area contributed by atoms with Crippen LogP contribution in [0.2, 0.25) is 0 Å². The lowest BCUT2D eigenvalue weighted by atomic mass is 10.1. The molecule has 0 aromatic carbocycles. The molecule has 2 rings (SSSR count). The van der Waals surface area contributed by atoms with Crippen LogP contribution in [0.4, 0.5) is 0 Å². The van der Waals surface area contributed by atoms with Crippen molar-refractivity contribution in [3.63, 3.8) is 0 Å². The van der Waals surface area contributed by atoms with Gasteiger partial charge in [-0.1, -0.05) is 19.9 Å². The molecule has 0 aliphatic heterocycles. The Morgan fingerprint density at radius 1 is 1.38 bits per heavy atom. The summed E-state index contributed by atoms with van der Waals surface area (Å²) in [4.78, 5) is 4.64. The Hall–Kier alpha value is -1.35. The molecule has 0 aliphatic carbocycles. The summed E-state index contributed by atoms with van der Waals surface area (Å²) in [5.74, 6) is 0.470. The largest absolute Gasteiger partial charge is 0.330 e. The van der Waals surface area contributed by atoms with Gasteiger partial charge in [0.25, 0.3) is 0 Å². The maximum Gasteiger partial charge on any atom is 0.137 e. The van der Waals surface area contributed by atoms with E-state index < -0.39 is 0 Å². The lowest BCUT2D eigenvalue weighted by Crippen LogP contribution is -2.03. The van der Waals surface area contributed by atoms with Crippen LogP contribution in [-0.4, -0.2) is 15.9 Å². The highest BCUT2D eigenvalue weighted by atomic mass is 15.0. The predicted molar refractivity (Wildman–Crippen MR) is 66.8 cm³/mol. The van der Waals surface area contributed by atoms with E-state index in [4.69, 9.17) is 5.73 Å². The van der Waals surface area contributed by atoms with Crippen LogP contribution in [0, 0.1) is 6.92 Å². The molecule has 0 saturated carbocycles. The number of aryl methyl sites for hydroxylation is 1. The third kappa shape index (κ3) is 1.83. The molecule has 0 unspecified atom stereocenters. The molecule has 16 heavy (non-hydrogen) atoms. The SMILES string of the molecule is Cc1c(C(C)C)nc2ccc(CCN)cn12. The minimum atomic E-state index is 0.470. The number of hydrogen-bond donors (Lipinski definition) is 1. The van der Waals surface area contributed by atoms with Crippen LogP contribution in [0.5, 0.6) is 0 Å². The quantitative estimate of drug-likeness (QED) is 0.857. The number of aromatic nitrogens is 2. The van der Waals surface area contributed by atoms with E-state index in [1.807, 2.05) is 0 Å². The molecule has 2 heterocycles. The Bertz CT molecular complexity index is 497. The van der Waals surface area contributed by atoms with Gasteiger partial charge in [-0.25, -0.2) is 4.98 Å². The van der Waals surface area contributed by atoms with Crippen molar-refractivity contribution in [3.8, 4) is 0 Å². The van der Waals surface area contributed by atoms with E-state index >= 15 is 0 Å². The molecule has 0 atom stereocenters. The number of rotatable bonds is 3. The van der Waals surface area contributed by atoms with Gasteiger partial charge in [-0.3, -0.25) is 0 Å². The summed E-state index contributed by atoms with van der Waals surface area (Å²) < 4.78 is 2.17. The van der Waals surface area contributed by atoms with Crippen molar-refractivity contribution in [1.29, 1.82) is 0 Å². The van der Waals surface area contributed by atoms with Crippen molar-refractivity contribution in [2.45, 2.75) is 33.1 Å². The topological polar surface area (TPSA) is 43.3 Å². The van der Waals surface area contributed by atoms with Crippen LogP contribution < -0.4 is 5.73 Å². The second-order valence-corrected chi connectivity index (χ2v) is 4.54. The monoisotopic (exact) mass is 217 g/mol. The van der Waals surface area contributed by atoms with Gasteiger partial charge < -0.3 is 10.1 Å². The van der Waals surface area contributed by atoms with Crippen molar-refractivity contribution in [1.82, 2.24) is 9.38 Å². The second-order valence-electron chi connectivity index (χ2n) is 4.54. The molecular formula is C13H19N3. The zero-order valence-corrected chi connectivity index (χ0v) is 10.2. The van der Waals surface area contributed by atoms with Crippen LogP contribution in [0.15, 0.2) is 18.3 Å². The van der Waals surface area contributed by atoms with E-state index in [0.717, 1.165) is 12.1 Å². The van der Waals surface area contributed by atoms with Gasteiger partial charge in [-0.05, 0) is 37.4 Å². The fraction of sp³-hybridized carbons (Fsp3) is 0.462. The van der Waals surface area contributed by atoms with Crippen molar-refractivity contribution in [2.24, 2.45) is 5.73 Å². The van der Waals surface area contributed by atoms with E-state index in [0.29, 0.717) is 12.5 Å². The number of nitrogens with two attached hydrogens (primary N) is 1. The summed E-state index contributed by atoms with van der Waals surface area (Å²) in [6.45, 7) is 7.17. The molecule has 2 aromatic rings. The Morgan fingerprint density at radius 2 is 2.12 bits per heavy atom. The van der Waals surface area contributed by atoms with E-state index in [1.165, 1.54) is 17.0 Å². The third-order valence-corrected chi connectivity index (χ3v) is 2.94. The molecule has 0 fully saturated rings. The minimum absolute atomic E-state index is 0.470. The van der Waals surface area contributed by atoms with Gasteiger partial charge in [0.1, 0.15) is 5.65 Å². The lowest BCUT2D eigenvalue weighted by molar-refractivity contribution is 0.820. The average Bonchev–Trinajstić information content (AvgIpc) is 2.57. The zero-order chi connectivity index (χ0) is 11.7. The first kappa shape index (κ1) is 11.1. The van der Waals surface area contributed by atoms with Crippen molar-refractivity contribution in [2.75, 3.05) is 6.54 Å². The highest BCUT2D eigenvalue weighted by Gasteiger charge is 2.11. The third-order valence-electron chi connectivity index (χ3n) is 2.94. The first-order valence-electron chi connectivity index (χ1n) is 5.81. The van der Waals surface area contributed by atoms with E-state index in [1.54, 1.807) is 0 Å². The molecule has 2 aromatic heterocycles. The number of hydrogen-bond acceptors (Lipinski definition) is 2. The van der Waals surface area contributed by atoms with Gasteiger partial charge in [0, 0.05) is 11.9 Å². The number of imidazole rings is 1. The van der Waals surface area contributed by atoms with Gasteiger partial charge >= 0.3 is 0 Å². The maximum atomic E-state index is 5.57. The summed E-state index contributed by atoms with van der Waals surface area (Å²) in [6, 6.07) is 4.18. The molecule has 0 bridgehead atoms. The maximum absolute atomic E-state index is 5.57. The average molecular weight is 217 g/mol. The van der Waals surface area contributed by atoms with Crippen molar-refractivity contribution >= 4 is 5.65 Å². The van der Waals surface area contributed by atoms with Gasteiger partial charge in [0.2, 0.25) is 0 Å². The van der Waals surface area contributed by atoms with E-state index in [-0.39, 0.29) is 0 Å². The number of pyridine rings is 1. The Balaban J connectivity index is 2.55. The van der Waals surface area contributed by atoms with E-state index in [2.05, 4.69) is 48.5 Å². The minimum Gasteiger partial charge on any atom is -0.330 e. The van der Waals surface area contributed by atoms with Crippen molar-refractivity contribution in [3.05, 3.63) is 35.3 Å². The van der Waals surface area contributed by atoms with Crippen LogP contribution >= 0.6 is 0 Å². The highest BCUT2D eigenvalue weighted by molar-refractivity contribution is 5.45. The predicted octanol–water partition coefficient (Wildman–Crippen LogP) is 2.27. The molecule has 0 amide bonds. The van der Waals surface area contributed by atoms with Gasteiger partial charge in [-0.15, -0.1) is 0 Å². The lowest BCUT2D eigenvalue weighted by Gasteiger charge is -2.03. The molecule has 0 aliphatic rings. The second kappa shape index (κ2) is 4.26. The Morgan fingerprint density at radius 3 is 2.75 bits per heavy atom. The fourth-order valence-corrected chi connectivity index (χ4v) is 2.09. The molecule has 0 spiro atoms.